The van der Waals surface area contributed by atoms with Gasteiger partial charge in [0.15, 0.2) is 0 Å². The van der Waals surface area contributed by atoms with Gasteiger partial charge in [-0.2, -0.15) is 5.26 Å². The molecule has 0 aliphatic rings. The molecule has 0 unspecified atom stereocenters. The quantitative estimate of drug-likeness (QED) is 0.261. The van der Waals surface area contributed by atoms with Gasteiger partial charge in [0.05, 0.1) is 0 Å². The minimum Gasteiger partial charge on any atom is -0.481 e. The maximum Gasteiger partial charge on any atom is 0.303 e. The number of para-hydroxylation sites is 1. The molecule has 0 bridgehead atoms. The van der Waals surface area contributed by atoms with Gasteiger partial charge < -0.3 is 21.1 Å². The molecule has 0 radical (unpaired) electrons. The first-order valence-corrected chi connectivity index (χ1v) is 9.37. The second kappa shape index (κ2) is 11.8. The molecule has 0 spiro atoms. The maximum atomic E-state index is 12.0. The van der Waals surface area contributed by atoms with Crippen molar-refractivity contribution >= 4 is 28.9 Å². The molecule has 150 valence electrons. The van der Waals surface area contributed by atoms with E-state index in [2.05, 4.69) is 16.0 Å². The summed E-state index contributed by atoms with van der Waals surface area (Å²) in [4.78, 5) is 22.5. The van der Waals surface area contributed by atoms with E-state index >= 15 is 0 Å². The molecule has 0 atom stereocenters. The molecule has 0 fully saturated rings. The van der Waals surface area contributed by atoms with Crippen LogP contribution < -0.4 is 16.0 Å². The first-order chi connectivity index (χ1) is 14.1. The average Bonchev–Trinajstić information content (AvgIpc) is 2.73. The van der Waals surface area contributed by atoms with Gasteiger partial charge in [-0.05, 0) is 49.2 Å². The van der Waals surface area contributed by atoms with E-state index in [0.29, 0.717) is 25.8 Å². The summed E-state index contributed by atoms with van der Waals surface area (Å²) in [6.45, 7) is 0.400. The molecule has 0 aliphatic carbocycles. The molecular formula is C22H24N4O3. The number of rotatable bonds is 11. The second-order valence-electron chi connectivity index (χ2n) is 6.34. The number of hydrogen-bond acceptors (Lipinski definition) is 5. The number of hydrogen-bond donors (Lipinski definition) is 4. The molecule has 4 N–H and O–H groups in total. The number of nitrogens with one attached hydrogen (secondary N) is 3. The van der Waals surface area contributed by atoms with Crippen molar-refractivity contribution in [2.75, 3.05) is 17.2 Å². The Morgan fingerprint density at radius 2 is 1.59 bits per heavy atom. The fourth-order valence-corrected chi connectivity index (χ4v) is 2.52. The topological polar surface area (TPSA) is 114 Å². The number of carbonyl (C=O) groups excluding carboxylic acids is 1. The van der Waals surface area contributed by atoms with Gasteiger partial charge in [-0.3, -0.25) is 9.59 Å². The van der Waals surface area contributed by atoms with Gasteiger partial charge in [-0.1, -0.05) is 24.6 Å². The summed E-state index contributed by atoms with van der Waals surface area (Å²) >= 11 is 0. The Bertz CT molecular complexity index is 871. The van der Waals surface area contributed by atoms with Crippen LogP contribution >= 0.6 is 0 Å². The summed E-state index contributed by atoms with van der Waals surface area (Å²) in [7, 11) is 0. The predicted molar refractivity (Wildman–Crippen MR) is 113 cm³/mol. The van der Waals surface area contributed by atoms with Gasteiger partial charge >= 0.3 is 5.97 Å². The Balaban J connectivity index is 1.79. The Morgan fingerprint density at radius 3 is 2.24 bits per heavy atom. The molecule has 1 amide bonds. The van der Waals surface area contributed by atoms with Crippen LogP contribution in [0.4, 0.5) is 17.1 Å². The number of amides is 1. The Morgan fingerprint density at radius 1 is 0.931 bits per heavy atom. The third kappa shape index (κ3) is 8.18. The molecule has 7 nitrogen and oxygen atoms in total. The summed E-state index contributed by atoms with van der Waals surface area (Å²) in [6.07, 6.45) is 3.45. The van der Waals surface area contributed by atoms with Crippen LogP contribution in [0, 0.1) is 11.3 Å². The molecule has 2 aromatic carbocycles. The van der Waals surface area contributed by atoms with Gasteiger partial charge in [0.1, 0.15) is 11.6 Å². The lowest BCUT2D eigenvalue weighted by Crippen LogP contribution is -2.26. The van der Waals surface area contributed by atoms with Crippen molar-refractivity contribution in [1.29, 1.82) is 5.26 Å². The number of unbranched alkanes of at least 4 members (excludes halogenated alkanes) is 2. The highest BCUT2D eigenvalue weighted by atomic mass is 16.4. The van der Waals surface area contributed by atoms with Crippen molar-refractivity contribution < 1.29 is 14.7 Å². The van der Waals surface area contributed by atoms with Crippen molar-refractivity contribution in [2.24, 2.45) is 0 Å². The summed E-state index contributed by atoms with van der Waals surface area (Å²) in [5.41, 5.74) is 2.63. The van der Waals surface area contributed by atoms with Crippen molar-refractivity contribution in [1.82, 2.24) is 5.32 Å². The highest BCUT2D eigenvalue weighted by Gasteiger charge is 2.08. The molecule has 7 heteroatoms. The van der Waals surface area contributed by atoms with Crippen LogP contribution in [0.1, 0.15) is 25.7 Å². The molecule has 0 aliphatic heterocycles. The zero-order valence-electron chi connectivity index (χ0n) is 16.0. The molecule has 0 saturated heterocycles. The lowest BCUT2D eigenvalue weighted by molar-refractivity contribution is -0.137. The predicted octanol–water partition coefficient (Wildman–Crippen LogP) is 4.01. The number of carbonyl (C=O) groups is 2. The second-order valence-corrected chi connectivity index (χ2v) is 6.34. The third-order valence-corrected chi connectivity index (χ3v) is 4.05. The van der Waals surface area contributed by atoms with E-state index < -0.39 is 11.9 Å². The van der Waals surface area contributed by atoms with E-state index in [1.54, 1.807) is 0 Å². The number of anilines is 3. The molecule has 2 rings (SSSR count). The number of nitriles is 1. The molecule has 0 aromatic heterocycles. The van der Waals surface area contributed by atoms with Gasteiger partial charge in [0.2, 0.25) is 0 Å². The third-order valence-electron chi connectivity index (χ3n) is 4.05. The van der Waals surface area contributed by atoms with Crippen LogP contribution in [-0.4, -0.2) is 23.5 Å². The van der Waals surface area contributed by atoms with Gasteiger partial charge in [0, 0.05) is 36.2 Å². The van der Waals surface area contributed by atoms with Gasteiger partial charge in [-0.15, -0.1) is 0 Å². The minimum atomic E-state index is -0.821. The Kier molecular flexibility index (Phi) is 8.77. The SMILES string of the molecule is N#C/C(=C/Nc1ccc(Nc2ccccc2)cc1)C(=O)NCCCCCC(=O)O. The van der Waals surface area contributed by atoms with Crippen LogP contribution in [0.5, 0.6) is 0 Å². The van der Waals surface area contributed by atoms with E-state index in [4.69, 9.17) is 5.11 Å². The highest BCUT2D eigenvalue weighted by molar-refractivity contribution is 5.97. The standard InChI is InChI=1S/C22H24N4O3/c23-15-17(22(29)24-14-6-2-5-9-21(27)28)16-25-18-10-12-20(13-11-18)26-19-7-3-1-4-8-19/h1,3-4,7-8,10-13,16,25-26H,2,5-6,9,14H2,(H,24,29)(H,27,28)/b17-16-. The van der Waals surface area contributed by atoms with Crippen molar-refractivity contribution in [3.05, 3.63) is 66.4 Å². The molecule has 29 heavy (non-hydrogen) atoms. The number of carboxylic acids is 1. The van der Waals surface area contributed by atoms with Crippen LogP contribution in [0.25, 0.3) is 0 Å². The number of carboxylic acid groups (broad SMARTS) is 1. The zero-order chi connectivity index (χ0) is 20.9. The fourth-order valence-electron chi connectivity index (χ4n) is 2.52. The van der Waals surface area contributed by atoms with E-state index in [1.807, 2.05) is 60.7 Å². The van der Waals surface area contributed by atoms with Gasteiger partial charge in [-0.25, -0.2) is 0 Å². The molecule has 0 heterocycles. The normalized spacial score (nSPS) is 10.7. The fraction of sp³-hybridized carbons (Fsp3) is 0.227. The van der Waals surface area contributed by atoms with Crippen molar-refractivity contribution in [3.8, 4) is 6.07 Å². The van der Waals surface area contributed by atoms with E-state index in [1.165, 1.54) is 6.20 Å². The smallest absolute Gasteiger partial charge is 0.303 e. The summed E-state index contributed by atoms with van der Waals surface area (Å²) in [6, 6.07) is 19.2. The number of aliphatic carboxylic acids is 1. The largest absolute Gasteiger partial charge is 0.481 e. The monoisotopic (exact) mass is 392 g/mol. The lowest BCUT2D eigenvalue weighted by atomic mass is 10.2. The zero-order valence-corrected chi connectivity index (χ0v) is 16.0. The summed E-state index contributed by atoms with van der Waals surface area (Å²) in [5, 5.41) is 26.7. The van der Waals surface area contributed by atoms with Crippen LogP contribution in [0.3, 0.4) is 0 Å². The Hall–Kier alpha value is -3.79. The first kappa shape index (κ1) is 21.5. The highest BCUT2D eigenvalue weighted by Crippen LogP contribution is 2.18. The van der Waals surface area contributed by atoms with E-state index in [9.17, 15) is 14.9 Å². The molecular weight excluding hydrogens is 368 g/mol. The minimum absolute atomic E-state index is 0.0259. The first-order valence-electron chi connectivity index (χ1n) is 9.37. The van der Waals surface area contributed by atoms with Crippen LogP contribution in [-0.2, 0) is 9.59 Å². The van der Waals surface area contributed by atoms with E-state index in [0.717, 1.165) is 17.1 Å². The number of benzene rings is 2. The van der Waals surface area contributed by atoms with Crippen LogP contribution in [0.15, 0.2) is 66.4 Å². The van der Waals surface area contributed by atoms with Crippen molar-refractivity contribution in [2.45, 2.75) is 25.7 Å². The Labute approximate surface area is 170 Å². The lowest BCUT2D eigenvalue weighted by Gasteiger charge is -2.08. The summed E-state index contributed by atoms with van der Waals surface area (Å²) < 4.78 is 0. The number of nitrogens with zero attached hydrogens (tertiary/aromatic N) is 1. The van der Waals surface area contributed by atoms with E-state index in [-0.39, 0.29) is 12.0 Å². The molecule has 0 saturated carbocycles. The average molecular weight is 392 g/mol. The van der Waals surface area contributed by atoms with Gasteiger partial charge in [0.25, 0.3) is 5.91 Å². The molecule has 2 aromatic rings. The summed E-state index contributed by atoms with van der Waals surface area (Å²) in [5.74, 6) is -1.28. The van der Waals surface area contributed by atoms with Crippen LogP contribution in [0.2, 0.25) is 0 Å². The van der Waals surface area contributed by atoms with Crippen molar-refractivity contribution in [3.63, 3.8) is 0 Å². The maximum absolute atomic E-state index is 12.0.